The fraction of sp³-hybridized carbons (Fsp3) is 0.278. The number of hydrogen-bond acceptors (Lipinski definition) is 2. The molecule has 4 heteroatoms. The molecule has 0 saturated carbocycles. The maximum atomic E-state index is 12.3. The van der Waals surface area contributed by atoms with Crippen LogP contribution >= 0.6 is 15.9 Å². The van der Waals surface area contributed by atoms with E-state index in [1.54, 1.807) is 0 Å². The highest BCUT2D eigenvalue weighted by atomic mass is 79.9. The molecule has 2 rings (SSSR count). The number of carbonyl (C=O) groups is 1. The van der Waals surface area contributed by atoms with E-state index in [1.165, 1.54) is 11.1 Å². The maximum Gasteiger partial charge on any atom is 0.246 e. The van der Waals surface area contributed by atoms with Gasteiger partial charge < -0.3 is 10.6 Å². The van der Waals surface area contributed by atoms with Gasteiger partial charge in [-0.3, -0.25) is 4.79 Å². The summed E-state index contributed by atoms with van der Waals surface area (Å²) < 4.78 is 0.888. The molecule has 116 valence electrons. The monoisotopic (exact) mass is 360 g/mol. The first-order chi connectivity index (χ1) is 10.3. The molecule has 0 spiro atoms. The van der Waals surface area contributed by atoms with E-state index >= 15 is 0 Å². The highest BCUT2D eigenvalue weighted by Crippen LogP contribution is 2.23. The molecule has 3 nitrogen and oxygen atoms in total. The summed E-state index contributed by atoms with van der Waals surface area (Å²) in [5, 5.41) is 6.19. The van der Waals surface area contributed by atoms with E-state index in [0.29, 0.717) is 0 Å². The van der Waals surface area contributed by atoms with Crippen molar-refractivity contribution in [3.05, 3.63) is 57.6 Å². The second-order valence-corrected chi connectivity index (χ2v) is 6.57. The van der Waals surface area contributed by atoms with Gasteiger partial charge in [-0.05, 0) is 84.6 Å². The number of anilines is 2. The van der Waals surface area contributed by atoms with E-state index in [0.717, 1.165) is 21.4 Å². The molecule has 0 bridgehead atoms. The van der Waals surface area contributed by atoms with Gasteiger partial charge in [-0.2, -0.15) is 0 Å². The molecule has 0 aliphatic rings. The maximum absolute atomic E-state index is 12.3. The average Bonchev–Trinajstić information content (AvgIpc) is 2.40. The first-order valence-electron chi connectivity index (χ1n) is 7.27. The van der Waals surface area contributed by atoms with Crippen LogP contribution in [0.5, 0.6) is 0 Å². The lowest BCUT2D eigenvalue weighted by Crippen LogP contribution is -2.32. The van der Waals surface area contributed by atoms with Crippen LogP contribution in [0.3, 0.4) is 0 Å². The zero-order valence-corrected chi connectivity index (χ0v) is 14.9. The number of halogens is 1. The third-order valence-corrected chi connectivity index (χ3v) is 4.04. The van der Waals surface area contributed by atoms with Crippen molar-refractivity contribution in [3.8, 4) is 0 Å². The number of benzene rings is 2. The molecule has 0 aliphatic carbocycles. The van der Waals surface area contributed by atoms with Crippen molar-refractivity contribution in [2.24, 2.45) is 0 Å². The molecule has 0 radical (unpaired) electrons. The Balaban J connectivity index is 2.05. The van der Waals surface area contributed by atoms with Crippen LogP contribution in [0.1, 0.15) is 23.6 Å². The van der Waals surface area contributed by atoms with Crippen molar-refractivity contribution < 1.29 is 4.79 Å². The van der Waals surface area contributed by atoms with Gasteiger partial charge in [0.05, 0.1) is 5.69 Å². The van der Waals surface area contributed by atoms with E-state index in [2.05, 4.69) is 32.6 Å². The zero-order valence-electron chi connectivity index (χ0n) is 13.3. The van der Waals surface area contributed by atoms with E-state index in [4.69, 9.17) is 0 Å². The lowest BCUT2D eigenvalue weighted by atomic mass is 10.1. The van der Waals surface area contributed by atoms with Crippen LogP contribution in [-0.4, -0.2) is 11.9 Å². The Hall–Kier alpha value is -1.81. The summed E-state index contributed by atoms with van der Waals surface area (Å²) in [4.78, 5) is 12.3. The first-order valence-corrected chi connectivity index (χ1v) is 8.06. The quantitative estimate of drug-likeness (QED) is 0.820. The molecular formula is C18H21BrN2O. The predicted octanol–water partition coefficient (Wildman–Crippen LogP) is 4.81. The molecule has 0 aromatic heterocycles. The third-order valence-electron chi connectivity index (χ3n) is 3.38. The lowest BCUT2D eigenvalue weighted by Gasteiger charge is -2.17. The minimum atomic E-state index is -0.325. The second-order valence-electron chi connectivity index (χ2n) is 5.71. The van der Waals surface area contributed by atoms with Gasteiger partial charge in [-0.15, -0.1) is 0 Å². The number of hydrogen-bond donors (Lipinski definition) is 2. The summed E-state index contributed by atoms with van der Waals surface area (Å²) >= 11 is 3.48. The van der Waals surface area contributed by atoms with Gasteiger partial charge in [0.1, 0.15) is 6.04 Å². The average molecular weight is 361 g/mol. The van der Waals surface area contributed by atoms with Crippen LogP contribution in [-0.2, 0) is 4.79 Å². The summed E-state index contributed by atoms with van der Waals surface area (Å²) in [6.07, 6.45) is 0. The molecule has 2 aromatic carbocycles. The molecule has 0 fully saturated rings. The Morgan fingerprint density at radius 1 is 1.00 bits per heavy atom. The summed E-state index contributed by atoms with van der Waals surface area (Å²) in [7, 11) is 0. The van der Waals surface area contributed by atoms with Crippen LogP contribution in [0, 0.1) is 20.8 Å². The number of amides is 1. The van der Waals surface area contributed by atoms with Crippen LogP contribution in [0.2, 0.25) is 0 Å². The van der Waals surface area contributed by atoms with Crippen molar-refractivity contribution in [1.29, 1.82) is 0 Å². The van der Waals surface area contributed by atoms with Crippen molar-refractivity contribution >= 4 is 33.2 Å². The van der Waals surface area contributed by atoms with Gasteiger partial charge >= 0.3 is 0 Å². The van der Waals surface area contributed by atoms with Crippen LogP contribution in [0.25, 0.3) is 0 Å². The fourth-order valence-corrected chi connectivity index (χ4v) is 2.93. The number of carbonyl (C=O) groups excluding carboxylic acids is 1. The molecule has 2 N–H and O–H groups in total. The van der Waals surface area contributed by atoms with Gasteiger partial charge in [-0.25, -0.2) is 0 Å². The standard InChI is InChI=1S/C18H21BrN2O/c1-11-5-6-17(16(19)10-11)21-18(22)14(4)20-15-8-12(2)7-13(3)9-15/h5-10,14,20H,1-4H3,(H,21,22). The predicted molar refractivity (Wildman–Crippen MR) is 96.5 cm³/mol. The fourth-order valence-electron chi connectivity index (χ4n) is 2.34. The summed E-state index contributed by atoms with van der Waals surface area (Å²) in [5.74, 6) is -0.0660. The van der Waals surface area contributed by atoms with Gasteiger partial charge in [0.15, 0.2) is 0 Å². The molecule has 1 unspecified atom stereocenters. The van der Waals surface area contributed by atoms with Crippen molar-refractivity contribution in [3.63, 3.8) is 0 Å². The van der Waals surface area contributed by atoms with Crippen LogP contribution in [0.15, 0.2) is 40.9 Å². The van der Waals surface area contributed by atoms with Gasteiger partial charge in [0.25, 0.3) is 0 Å². The van der Waals surface area contributed by atoms with Crippen molar-refractivity contribution in [2.45, 2.75) is 33.7 Å². The van der Waals surface area contributed by atoms with Gasteiger partial charge in [-0.1, -0.05) is 12.1 Å². The Bertz CT molecular complexity index is 677. The molecule has 22 heavy (non-hydrogen) atoms. The van der Waals surface area contributed by atoms with Crippen LogP contribution < -0.4 is 10.6 Å². The largest absolute Gasteiger partial charge is 0.374 e. The Labute approximate surface area is 140 Å². The lowest BCUT2D eigenvalue weighted by molar-refractivity contribution is -0.116. The molecule has 1 atom stereocenters. The van der Waals surface area contributed by atoms with E-state index in [9.17, 15) is 4.79 Å². The SMILES string of the molecule is Cc1cc(C)cc(NC(C)C(=O)Nc2ccc(C)cc2Br)c1. The summed E-state index contributed by atoms with van der Waals surface area (Å²) in [5.41, 5.74) is 5.24. The van der Waals surface area contributed by atoms with Crippen molar-refractivity contribution in [1.82, 2.24) is 0 Å². The van der Waals surface area contributed by atoms with Crippen molar-refractivity contribution in [2.75, 3.05) is 10.6 Å². The summed E-state index contributed by atoms with van der Waals surface area (Å²) in [6.45, 7) is 7.97. The molecule has 1 amide bonds. The van der Waals surface area contributed by atoms with Crippen LogP contribution in [0.4, 0.5) is 11.4 Å². The first kappa shape index (κ1) is 16.6. The number of rotatable bonds is 4. The Morgan fingerprint density at radius 3 is 2.23 bits per heavy atom. The molecule has 0 heterocycles. The van der Waals surface area contributed by atoms with E-state index in [1.807, 2.05) is 58.0 Å². The minimum absolute atomic E-state index is 0.0660. The van der Waals surface area contributed by atoms with Gasteiger partial charge in [0, 0.05) is 10.2 Å². The minimum Gasteiger partial charge on any atom is -0.374 e. The Kier molecular flexibility index (Phi) is 5.24. The third kappa shape index (κ3) is 4.34. The molecule has 2 aromatic rings. The molecule has 0 aliphatic heterocycles. The van der Waals surface area contributed by atoms with E-state index in [-0.39, 0.29) is 11.9 Å². The highest BCUT2D eigenvalue weighted by molar-refractivity contribution is 9.10. The smallest absolute Gasteiger partial charge is 0.246 e. The normalized spacial score (nSPS) is 11.9. The highest BCUT2D eigenvalue weighted by Gasteiger charge is 2.14. The molecule has 0 saturated heterocycles. The molecular weight excluding hydrogens is 340 g/mol. The second kappa shape index (κ2) is 6.97. The Morgan fingerprint density at radius 2 is 1.64 bits per heavy atom. The summed E-state index contributed by atoms with van der Waals surface area (Å²) in [6, 6.07) is 11.7. The number of nitrogens with one attached hydrogen (secondary N) is 2. The number of aryl methyl sites for hydroxylation is 3. The zero-order chi connectivity index (χ0) is 16.3. The van der Waals surface area contributed by atoms with Gasteiger partial charge in [0.2, 0.25) is 5.91 Å². The topological polar surface area (TPSA) is 41.1 Å². The van der Waals surface area contributed by atoms with E-state index < -0.39 is 0 Å².